The summed E-state index contributed by atoms with van der Waals surface area (Å²) in [5, 5.41) is 3.51. The molecule has 2 atom stereocenters. The lowest BCUT2D eigenvalue weighted by Crippen LogP contribution is -2.52. The number of thiophene rings is 1. The van der Waals surface area contributed by atoms with Gasteiger partial charge in [-0.15, -0.1) is 11.3 Å². The van der Waals surface area contributed by atoms with Crippen LogP contribution >= 0.6 is 11.3 Å². The van der Waals surface area contributed by atoms with Gasteiger partial charge in [-0.2, -0.15) is 0 Å². The fourth-order valence-corrected chi connectivity index (χ4v) is 6.00. The zero-order valence-electron chi connectivity index (χ0n) is 17.4. The number of ether oxygens (including phenoxy) is 1. The minimum atomic E-state index is -0.474. The minimum Gasteiger partial charge on any atom is -0.368 e. The molecule has 0 radical (unpaired) electrons. The number of nitrogens with one attached hydrogen (secondary N) is 1. The molecule has 0 spiro atoms. The Balaban J connectivity index is 1.32. The third kappa shape index (κ3) is 4.53. The molecule has 8 nitrogen and oxygen atoms in total. The normalized spacial score (nSPS) is 24.5. The molecule has 2 saturated heterocycles. The number of fused-ring (bicyclic) bond motifs is 1. The van der Waals surface area contributed by atoms with E-state index < -0.39 is 5.91 Å². The van der Waals surface area contributed by atoms with Crippen LogP contribution in [0, 0.1) is 5.92 Å². The first-order valence-electron chi connectivity index (χ1n) is 10.8. The molecule has 2 unspecified atom stereocenters. The van der Waals surface area contributed by atoms with Crippen molar-refractivity contribution in [1.82, 2.24) is 9.80 Å². The predicted octanol–water partition coefficient (Wildman–Crippen LogP) is 1.23. The number of nitrogens with zero attached hydrogens (tertiary/aromatic N) is 2. The molecule has 2 fully saturated rings. The van der Waals surface area contributed by atoms with Crippen LogP contribution in [0.1, 0.15) is 47.0 Å². The van der Waals surface area contributed by atoms with Gasteiger partial charge in [0.1, 0.15) is 11.1 Å². The number of amides is 3. The summed E-state index contributed by atoms with van der Waals surface area (Å²) in [5.41, 5.74) is 7.14. The SMILES string of the molecule is CC1CCc2c(sc(NC(=O)CN3CCN(C(=O)C4CCCO4)CC3)c2C(N)=O)C1. The summed E-state index contributed by atoms with van der Waals surface area (Å²) in [4.78, 5) is 42.2. The molecule has 30 heavy (non-hydrogen) atoms. The molecule has 3 aliphatic rings. The van der Waals surface area contributed by atoms with Crippen LogP contribution in [0.15, 0.2) is 0 Å². The lowest BCUT2D eigenvalue weighted by atomic mass is 9.88. The number of hydrogen-bond acceptors (Lipinski definition) is 6. The van der Waals surface area contributed by atoms with E-state index in [2.05, 4.69) is 12.2 Å². The van der Waals surface area contributed by atoms with Crippen LogP contribution < -0.4 is 11.1 Å². The number of nitrogens with two attached hydrogens (primary N) is 1. The Hall–Kier alpha value is -1.97. The molecule has 3 heterocycles. The van der Waals surface area contributed by atoms with Gasteiger partial charge in [0.15, 0.2) is 0 Å². The lowest BCUT2D eigenvalue weighted by molar-refractivity contribution is -0.142. The van der Waals surface area contributed by atoms with Gasteiger partial charge in [-0.05, 0) is 43.6 Å². The fraction of sp³-hybridized carbons (Fsp3) is 0.667. The standard InChI is InChI=1S/C21H30N4O4S/c1-13-4-5-14-16(11-13)30-20(18(14)19(22)27)23-17(26)12-24-6-8-25(9-7-24)21(28)15-3-2-10-29-15/h13,15H,2-12H2,1H3,(H2,22,27)(H,23,26). The van der Waals surface area contributed by atoms with E-state index in [0.717, 1.165) is 37.7 Å². The Kier molecular flexibility index (Phi) is 6.40. The summed E-state index contributed by atoms with van der Waals surface area (Å²) >= 11 is 1.48. The van der Waals surface area contributed by atoms with E-state index in [4.69, 9.17) is 10.5 Å². The smallest absolute Gasteiger partial charge is 0.251 e. The van der Waals surface area contributed by atoms with Crippen molar-refractivity contribution in [2.24, 2.45) is 11.7 Å². The molecule has 4 rings (SSSR count). The maximum atomic E-state index is 12.7. The number of anilines is 1. The number of carbonyl (C=O) groups excluding carboxylic acids is 3. The molecule has 3 amide bonds. The maximum Gasteiger partial charge on any atom is 0.251 e. The zero-order chi connectivity index (χ0) is 21.3. The van der Waals surface area contributed by atoms with Crippen molar-refractivity contribution in [1.29, 1.82) is 0 Å². The van der Waals surface area contributed by atoms with Crippen LogP contribution in [-0.4, -0.2) is 73.0 Å². The van der Waals surface area contributed by atoms with Crippen molar-refractivity contribution in [2.45, 2.75) is 45.1 Å². The van der Waals surface area contributed by atoms with E-state index in [0.29, 0.717) is 49.3 Å². The van der Waals surface area contributed by atoms with Crippen molar-refractivity contribution in [3.8, 4) is 0 Å². The van der Waals surface area contributed by atoms with E-state index in [9.17, 15) is 14.4 Å². The van der Waals surface area contributed by atoms with Crippen molar-refractivity contribution >= 4 is 34.1 Å². The Morgan fingerprint density at radius 3 is 2.63 bits per heavy atom. The molecular weight excluding hydrogens is 404 g/mol. The number of piperazine rings is 1. The second-order valence-corrected chi connectivity index (χ2v) is 9.68. The minimum absolute atomic E-state index is 0.0705. The quantitative estimate of drug-likeness (QED) is 0.725. The van der Waals surface area contributed by atoms with Gasteiger partial charge >= 0.3 is 0 Å². The molecule has 2 aliphatic heterocycles. The largest absolute Gasteiger partial charge is 0.368 e. The molecule has 3 N–H and O–H groups in total. The van der Waals surface area contributed by atoms with Gasteiger partial charge < -0.3 is 20.7 Å². The Labute approximate surface area is 180 Å². The summed E-state index contributed by atoms with van der Waals surface area (Å²) in [6, 6.07) is 0. The van der Waals surface area contributed by atoms with Gasteiger partial charge in [-0.1, -0.05) is 6.92 Å². The number of primary amides is 1. The first-order chi connectivity index (χ1) is 14.4. The molecule has 0 aromatic carbocycles. The average molecular weight is 435 g/mol. The average Bonchev–Trinajstić information content (AvgIpc) is 3.35. The summed E-state index contributed by atoms with van der Waals surface area (Å²) in [6.45, 7) is 5.59. The highest BCUT2D eigenvalue weighted by Gasteiger charge is 2.31. The van der Waals surface area contributed by atoms with Crippen molar-refractivity contribution < 1.29 is 19.1 Å². The van der Waals surface area contributed by atoms with Gasteiger partial charge in [0.2, 0.25) is 5.91 Å². The lowest BCUT2D eigenvalue weighted by Gasteiger charge is -2.35. The van der Waals surface area contributed by atoms with Gasteiger partial charge in [0.25, 0.3) is 11.8 Å². The zero-order valence-corrected chi connectivity index (χ0v) is 18.3. The topological polar surface area (TPSA) is 105 Å². The van der Waals surface area contributed by atoms with E-state index >= 15 is 0 Å². The molecule has 0 bridgehead atoms. The second kappa shape index (κ2) is 9.03. The van der Waals surface area contributed by atoms with Crippen molar-refractivity contribution in [2.75, 3.05) is 44.6 Å². The monoisotopic (exact) mass is 434 g/mol. The Morgan fingerprint density at radius 2 is 1.97 bits per heavy atom. The molecule has 1 aromatic heterocycles. The van der Waals surface area contributed by atoms with Gasteiger partial charge in [0.05, 0.1) is 12.1 Å². The van der Waals surface area contributed by atoms with Gasteiger partial charge in [-0.25, -0.2) is 0 Å². The maximum absolute atomic E-state index is 12.7. The van der Waals surface area contributed by atoms with E-state index in [1.54, 1.807) is 0 Å². The summed E-state index contributed by atoms with van der Waals surface area (Å²) in [6.07, 6.45) is 4.24. The highest BCUT2D eigenvalue weighted by Crippen LogP contribution is 2.39. The van der Waals surface area contributed by atoms with Gasteiger partial charge in [0, 0.05) is 37.7 Å². The predicted molar refractivity (Wildman–Crippen MR) is 115 cm³/mol. The summed E-state index contributed by atoms with van der Waals surface area (Å²) in [7, 11) is 0. The third-order valence-corrected chi connectivity index (χ3v) is 7.44. The van der Waals surface area contributed by atoms with Crippen LogP contribution in [-0.2, 0) is 27.2 Å². The number of rotatable bonds is 5. The highest BCUT2D eigenvalue weighted by atomic mass is 32.1. The van der Waals surface area contributed by atoms with E-state index in [1.807, 2.05) is 9.80 Å². The molecule has 1 aliphatic carbocycles. The molecule has 9 heteroatoms. The van der Waals surface area contributed by atoms with E-state index in [-0.39, 0.29) is 24.5 Å². The third-order valence-electron chi connectivity index (χ3n) is 6.27. The Bertz CT molecular complexity index is 825. The number of carbonyl (C=O) groups is 3. The highest BCUT2D eigenvalue weighted by molar-refractivity contribution is 7.17. The molecule has 0 saturated carbocycles. The van der Waals surface area contributed by atoms with Crippen molar-refractivity contribution in [3.05, 3.63) is 16.0 Å². The first kappa shape index (κ1) is 21.3. The summed E-state index contributed by atoms with van der Waals surface area (Å²) in [5.74, 6) is 0.0248. The van der Waals surface area contributed by atoms with E-state index in [1.165, 1.54) is 16.2 Å². The Morgan fingerprint density at radius 1 is 1.20 bits per heavy atom. The second-order valence-electron chi connectivity index (χ2n) is 8.57. The first-order valence-corrected chi connectivity index (χ1v) is 11.6. The van der Waals surface area contributed by atoms with Crippen LogP contribution in [0.3, 0.4) is 0 Å². The molecule has 1 aromatic rings. The van der Waals surface area contributed by atoms with Gasteiger partial charge in [-0.3, -0.25) is 19.3 Å². The van der Waals surface area contributed by atoms with Crippen LogP contribution in [0.4, 0.5) is 5.00 Å². The molecule has 164 valence electrons. The fourth-order valence-electron chi connectivity index (χ4n) is 4.57. The molecular formula is C21H30N4O4S. The number of hydrogen-bond donors (Lipinski definition) is 2. The van der Waals surface area contributed by atoms with Crippen molar-refractivity contribution in [3.63, 3.8) is 0 Å². The van der Waals surface area contributed by atoms with Crippen LogP contribution in [0.25, 0.3) is 0 Å². The van der Waals surface area contributed by atoms with Crippen LogP contribution in [0.2, 0.25) is 0 Å². The van der Waals surface area contributed by atoms with Crippen LogP contribution in [0.5, 0.6) is 0 Å². The summed E-state index contributed by atoms with van der Waals surface area (Å²) < 4.78 is 5.49.